The number of aldehydes is 1. The van der Waals surface area contributed by atoms with Gasteiger partial charge in [0.1, 0.15) is 12.2 Å². The van der Waals surface area contributed by atoms with Crippen LogP contribution in [0.15, 0.2) is 36.4 Å². The lowest BCUT2D eigenvalue weighted by Gasteiger charge is -2.02. The Morgan fingerprint density at radius 1 is 1.27 bits per heavy atom. The molecular weight excluding hydrogens is 188 g/mol. The first kappa shape index (κ1) is 9.35. The highest BCUT2D eigenvalue weighted by Crippen LogP contribution is 2.16. The summed E-state index contributed by atoms with van der Waals surface area (Å²) in [5, 5.41) is 9.73. The molecule has 0 saturated carbocycles. The summed E-state index contributed by atoms with van der Waals surface area (Å²) in [5.41, 5.74) is 1.31. The van der Waals surface area contributed by atoms with E-state index in [-0.39, 0.29) is 0 Å². The Hall–Kier alpha value is -2.21. The predicted octanol–water partition coefficient (Wildman–Crippen LogP) is 2.04. The Labute approximate surface area is 87.0 Å². The minimum atomic E-state index is -0.769. The molecule has 1 aromatic carbocycles. The summed E-state index contributed by atoms with van der Waals surface area (Å²) in [4.78, 5) is 14.9. The van der Waals surface area contributed by atoms with Gasteiger partial charge in [0.25, 0.3) is 0 Å². The molecule has 15 heavy (non-hydrogen) atoms. The predicted molar refractivity (Wildman–Crippen MR) is 56.2 cm³/mol. The third-order valence-corrected chi connectivity index (χ3v) is 2.21. The monoisotopic (exact) mass is 196 g/mol. The average Bonchev–Trinajstić information content (AvgIpc) is 2.30. The zero-order valence-electron chi connectivity index (χ0n) is 7.92. The van der Waals surface area contributed by atoms with Crippen molar-refractivity contribution in [3.05, 3.63) is 42.1 Å². The van der Waals surface area contributed by atoms with Gasteiger partial charge in [0.05, 0.1) is 17.3 Å². The molecule has 1 atom stereocenters. The zero-order valence-corrected chi connectivity index (χ0v) is 7.92. The van der Waals surface area contributed by atoms with Crippen LogP contribution in [-0.2, 0) is 4.79 Å². The van der Waals surface area contributed by atoms with Crippen LogP contribution in [0.25, 0.3) is 10.9 Å². The lowest BCUT2D eigenvalue weighted by molar-refractivity contribution is -0.108. The van der Waals surface area contributed by atoms with E-state index in [2.05, 4.69) is 4.98 Å². The molecule has 2 aromatic rings. The van der Waals surface area contributed by atoms with E-state index in [1.807, 2.05) is 36.4 Å². The number of aromatic nitrogens is 1. The summed E-state index contributed by atoms with van der Waals surface area (Å²) >= 11 is 0. The SMILES string of the molecule is N#CC(C=O)c1ccc2ccccc2n1. The van der Waals surface area contributed by atoms with Crippen molar-refractivity contribution in [3.8, 4) is 6.07 Å². The average molecular weight is 196 g/mol. The second-order valence-electron chi connectivity index (χ2n) is 3.17. The molecule has 3 nitrogen and oxygen atoms in total. The third-order valence-electron chi connectivity index (χ3n) is 2.21. The topological polar surface area (TPSA) is 53.8 Å². The number of nitriles is 1. The normalized spacial score (nSPS) is 11.9. The fraction of sp³-hybridized carbons (Fsp3) is 0.0833. The maximum Gasteiger partial charge on any atom is 0.144 e. The molecule has 0 amide bonds. The molecule has 3 heteroatoms. The first-order valence-corrected chi connectivity index (χ1v) is 4.56. The van der Waals surface area contributed by atoms with Crippen molar-refractivity contribution in [2.24, 2.45) is 0 Å². The highest BCUT2D eigenvalue weighted by atomic mass is 16.1. The van der Waals surface area contributed by atoms with Gasteiger partial charge in [-0.25, -0.2) is 0 Å². The van der Waals surface area contributed by atoms with Gasteiger partial charge in [0, 0.05) is 5.39 Å². The molecule has 0 radical (unpaired) electrons. The van der Waals surface area contributed by atoms with Gasteiger partial charge in [-0.2, -0.15) is 5.26 Å². The lowest BCUT2D eigenvalue weighted by Crippen LogP contribution is -1.99. The van der Waals surface area contributed by atoms with Gasteiger partial charge >= 0.3 is 0 Å². The Morgan fingerprint density at radius 2 is 2.07 bits per heavy atom. The molecule has 0 N–H and O–H groups in total. The van der Waals surface area contributed by atoms with Crippen LogP contribution >= 0.6 is 0 Å². The molecule has 1 aromatic heterocycles. The molecule has 0 spiro atoms. The van der Waals surface area contributed by atoms with Crippen LogP contribution in [-0.4, -0.2) is 11.3 Å². The molecule has 1 unspecified atom stereocenters. The van der Waals surface area contributed by atoms with E-state index >= 15 is 0 Å². The smallest absolute Gasteiger partial charge is 0.144 e. The van der Waals surface area contributed by atoms with Gasteiger partial charge in [0.15, 0.2) is 0 Å². The molecule has 1 heterocycles. The standard InChI is InChI=1S/C12H8N2O/c13-7-10(8-15)12-6-5-9-3-1-2-4-11(9)14-12/h1-6,8,10H. The number of hydrogen-bond donors (Lipinski definition) is 0. The van der Waals surface area contributed by atoms with Crippen molar-refractivity contribution in [3.63, 3.8) is 0 Å². The van der Waals surface area contributed by atoms with E-state index in [1.165, 1.54) is 0 Å². The van der Waals surface area contributed by atoms with Gasteiger partial charge in [0.2, 0.25) is 0 Å². The third kappa shape index (κ3) is 1.70. The summed E-state index contributed by atoms with van der Waals surface area (Å²) in [6, 6.07) is 13.1. The Kier molecular flexibility index (Phi) is 2.42. The van der Waals surface area contributed by atoms with E-state index < -0.39 is 5.92 Å². The Bertz CT molecular complexity index is 543. The number of nitrogens with zero attached hydrogens (tertiary/aromatic N) is 2. The van der Waals surface area contributed by atoms with Gasteiger partial charge in [-0.3, -0.25) is 4.98 Å². The molecule has 0 aliphatic heterocycles. The molecule has 0 fully saturated rings. The molecule has 72 valence electrons. The van der Waals surface area contributed by atoms with Crippen LogP contribution in [0.2, 0.25) is 0 Å². The fourth-order valence-electron chi connectivity index (χ4n) is 1.42. The summed E-state index contributed by atoms with van der Waals surface area (Å²) in [6.45, 7) is 0. The molecular formula is C12H8N2O. The van der Waals surface area contributed by atoms with Crippen LogP contribution in [0.4, 0.5) is 0 Å². The first-order chi connectivity index (χ1) is 7.35. The number of para-hydroxylation sites is 1. The minimum absolute atomic E-state index is 0.506. The van der Waals surface area contributed by atoms with Crippen molar-refractivity contribution in [2.75, 3.05) is 0 Å². The molecule has 0 saturated heterocycles. The van der Waals surface area contributed by atoms with Crippen LogP contribution < -0.4 is 0 Å². The summed E-state index contributed by atoms with van der Waals surface area (Å²) in [6.07, 6.45) is 0.608. The number of benzene rings is 1. The van der Waals surface area contributed by atoms with E-state index in [4.69, 9.17) is 5.26 Å². The van der Waals surface area contributed by atoms with Crippen molar-refractivity contribution in [1.29, 1.82) is 5.26 Å². The lowest BCUT2D eigenvalue weighted by atomic mass is 10.1. The van der Waals surface area contributed by atoms with Gasteiger partial charge in [-0.05, 0) is 12.1 Å². The largest absolute Gasteiger partial charge is 0.301 e. The van der Waals surface area contributed by atoms with Crippen LogP contribution in [0, 0.1) is 11.3 Å². The second kappa shape index (κ2) is 3.89. The molecule has 0 aliphatic rings. The Balaban J connectivity index is 2.56. The number of carbonyl (C=O) groups excluding carboxylic acids is 1. The second-order valence-corrected chi connectivity index (χ2v) is 3.17. The zero-order chi connectivity index (χ0) is 10.7. The van der Waals surface area contributed by atoms with E-state index in [0.717, 1.165) is 10.9 Å². The summed E-state index contributed by atoms with van der Waals surface area (Å²) < 4.78 is 0. The van der Waals surface area contributed by atoms with E-state index in [1.54, 1.807) is 6.07 Å². The van der Waals surface area contributed by atoms with E-state index in [9.17, 15) is 4.79 Å². The maximum atomic E-state index is 10.6. The van der Waals surface area contributed by atoms with Crippen molar-refractivity contribution >= 4 is 17.2 Å². The van der Waals surface area contributed by atoms with Crippen molar-refractivity contribution in [2.45, 2.75) is 5.92 Å². The molecule has 2 rings (SSSR count). The van der Waals surface area contributed by atoms with Crippen molar-refractivity contribution in [1.82, 2.24) is 4.98 Å². The highest BCUT2D eigenvalue weighted by Gasteiger charge is 2.10. The van der Waals surface area contributed by atoms with Gasteiger partial charge in [-0.15, -0.1) is 0 Å². The number of hydrogen-bond acceptors (Lipinski definition) is 3. The van der Waals surface area contributed by atoms with Crippen LogP contribution in [0.5, 0.6) is 0 Å². The first-order valence-electron chi connectivity index (χ1n) is 4.56. The minimum Gasteiger partial charge on any atom is -0.301 e. The maximum absolute atomic E-state index is 10.6. The fourth-order valence-corrected chi connectivity index (χ4v) is 1.42. The molecule has 0 bridgehead atoms. The van der Waals surface area contributed by atoms with E-state index in [0.29, 0.717) is 12.0 Å². The summed E-state index contributed by atoms with van der Waals surface area (Å²) in [7, 11) is 0. The highest BCUT2D eigenvalue weighted by molar-refractivity contribution is 5.79. The molecule has 0 aliphatic carbocycles. The van der Waals surface area contributed by atoms with Crippen molar-refractivity contribution < 1.29 is 4.79 Å². The van der Waals surface area contributed by atoms with Crippen LogP contribution in [0.1, 0.15) is 11.6 Å². The number of rotatable bonds is 2. The quantitative estimate of drug-likeness (QED) is 0.690. The summed E-state index contributed by atoms with van der Waals surface area (Å²) in [5.74, 6) is -0.769. The van der Waals surface area contributed by atoms with Gasteiger partial charge < -0.3 is 4.79 Å². The number of carbonyl (C=O) groups is 1. The van der Waals surface area contributed by atoms with Gasteiger partial charge in [-0.1, -0.05) is 24.3 Å². The Morgan fingerprint density at radius 3 is 2.80 bits per heavy atom. The van der Waals surface area contributed by atoms with Crippen LogP contribution in [0.3, 0.4) is 0 Å². The number of pyridine rings is 1. The number of fused-ring (bicyclic) bond motifs is 1.